The van der Waals surface area contributed by atoms with Gasteiger partial charge >= 0.3 is 0 Å². The van der Waals surface area contributed by atoms with Crippen molar-refractivity contribution >= 4 is 54.6 Å². The van der Waals surface area contributed by atoms with Crippen molar-refractivity contribution in [3.05, 3.63) is 75.6 Å². The molecule has 1 aliphatic heterocycles. The van der Waals surface area contributed by atoms with Crippen LogP contribution in [-0.4, -0.2) is 20.9 Å². The fraction of sp³-hybridized carbons (Fsp3) is 0.150. The number of carbonyl (C=O) groups excluding carboxylic acids is 1. The summed E-state index contributed by atoms with van der Waals surface area (Å²) in [5.74, 6) is -0.208. The first kappa shape index (κ1) is 19.2. The van der Waals surface area contributed by atoms with E-state index in [4.69, 9.17) is 0 Å². The van der Waals surface area contributed by atoms with Crippen LogP contribution in [0.4, 0.5) is 11.4 Å². The van der Waals surface area contributed by atoms with Gasteiger partial charge in [0.25, 0.3) is 15.9 Å². The molecule has 4 rings (SSSR count). The Labute approximate surface area is 176 Å². The molecule has 1 aromatic heterocycles. The van der Waals surface area contributed by atoms with Gasteiger partial charge in [0.2, 0.25) is 0 Å². The fourth-order valence-corrected chi connectivity index (χ4v) is 6.29. The number of benzene rings is 2. The van der Waals surface area contributed by atoms with E-state index in [0.29, 0.717) is 27.7 Å². The zero-order chi connectivity index (χ0) is 19.7. The van der Waals surface area contributed by atoms with Gasteiger partial charge in [0.15, 0.2) is 0 Å². The maximum absolute atomic E-state index is 13.0. The van der Waals surface area contributed by atoms with Crippen LogP contribution >= 0.6 is 27.3 Å². The molecule has 0 spiro atoms. The number of nitrogens with zero attached hydrogens (tertiary/aromatic N) is 1. The molecule has 5 nitrogen and oxygen atoms in total. The van der Waals surface area contributed by atoms with Gasteiger partial charge in [-0.3, -0.25) is 9.10 Å². The number of amides is 1. The van der Waals surface area contributed by atoms with Crippen LogP contribution in [0.5, 0.6) is 0 Å². The molecule has 0 saturated heterocycles. The van der Waals surface area contributed by atoms with E-state index in [-0.39, 0.29) is 5.91 Å². The van der Waals surface area contributed by atoms with Crippen molar-refractivity contribution in [1.82, 2.24) is 0 Å². The monoisotopic (exact) mass is 476 g/mol. The lowest BCUT2D eigenvalue weighted by molar-refractivity contribution is 0.102. The van der Waals surface area contributed by atoms with Crippen LogP contribution in [-0.2, 0) is 16.4 Å². The summed E-state index contributed by atoms with van der Waals surface area (Å²) in [6, 6.07) is 15.9. The first-order chi connectivity index (χ1) is 13.4. The van der Waals surface area contributed by atoms with E-state index in [9.17, 15) is 13.2 Å². The van der Waals surface area contributed by atoms with E-state index in [1.807, 2.05) is 12.1 Å². The molecular weight excluding hydrogens is 460 g/mol. The number of fused-ring (bicyclic) bond motifs is 1. The number of anilines is 2. The first-order valence-corrected chi connectivity index (χ1v) is 11.8. The van der Waals surface area contributed by atoms with Crippen molar-refractivity contribution < 1.29 is 13.2 Å². The van der Waals surface area contributed by atoms with E-state index in [1.54, 1.807) is 47.8 Å². The van der Waals surface area contributed by atoms with E-state index in [2.05, 4.69) is 21.2 Å². The van der Waals surface area contributed by atoms with Crippen LogP contribution in [0.25, 0.3) is 0 Å². The molecule has 0 bridgehead atoms. The molecule has 2 aromatic carbocycles. The fourth-order valence-electron chi connectivity index (χ4n) is 3.24. The molecule has 0 radical (unpaired) electrons. The molecule has 1 amide bonds. The second-order valence-corrected chi connectivity index (χ2v) is 10.4. The third kappa shape index (κ3) is 3.72. The third-order valence-corrected chi connectivity index (χ3v) is 8.22. The average Bonchev–Trinajstić information content (AvgIpc) is 3.23. The maximum atomic E-state index is 13.0. The zero-order valence-electron chi connectivity index (χ0n) is 14.8. The normalized spacial score (nSPS) is 13.8. The van der Waals surface area contributed by atoms with Crippen molar-refractivity contribution in [2.45, 2.75) is 17.1 Å². The van der Waals surface area contributed by atoms with E-state index >= 15 is 0 Å². The summed E-state index contributed by atoms with van der Waals surface area (Å²) in [5, 5.41) is 4.65. The van der Waals surface area contributed by atoms with Crippen LogP contribution in [0, 0.1) is 0 Å². The number of thiophene rings is 1. The average molecular weight is 477 g/mol. The number of rotatable bonds is 4. The van der Waals surface area contributed by atoms with Crippen LogP contribution in [0.3, 0.4) is 0 Å². The van der Waals surface area contributed by atoms with Crippen LogP contribution in [0.15, 0.2) is 68.7 Å². The van der Waals surface area contributed by atoms with Gasteiger partial charge in [-0.25, -0.2) is 8.42 Å². The van der Waals surface area contributed by atoms with Gasteiger partial charge < -0.3 is 5.32 Å². The summed E-state index contributed by atoms with van der Waals surface area (Å²) >= 11 is 4.58. The minimum absolute atomic E-state index is 0.208. The van der Waals surface area contributed by atoms with Gasteiger partial charge in [0.1, 0.15) is 4.21 Å². The molecule has 144 valence electrons. The van der Waals surface area contributed by atoms with Gasteiger partial charge in [0, 0.05) is 22.3 Å². The highest BCUT2D eigenvalue weighted by molar-refractivity contribution is 9.10. The molecule has 0 aliphatic carbocycles. The summed E-state index contributed by atoms with van der Waals surface area (Å²) in [7, 11) is -3.56. The number of nitrogens with one attached hydrogen (secondary N) is 1. The highest BCUT2D eigenvalue weighted by atomic mass is 79.9. The molecule has 28 heavy (non-hydrogen) atoms. The standard InChI is InChI=1S/C20H17BrN2O3S2/c21-16-6-1-4-15(12-16)20(24)22-17-8-9-18-14(13-17)5-2-10-23(18)28(25,26)19-7-3-11-27-19/h1,3-4,6-9,11-13H,2,5,10H2,(H,22,24). The predicted molar refractivity (Wildman–Crippen MR) is 116 cm³/mol. The Balaban J connectivity index is 1.61. The van der Waals surface area contributed by atoms with Crippen LogP contribution in [0.1, 0.15) is 22.3 Å². The molecule has 1 aliphatic rings. The molecule has 0 saturated carbocycles. The second kappa shape index (κ2) is 7.69. The topological polar surface area (TPSA) is 66.5 Å². The summed E-state index contributed by atoms with van der Waals surface area (Å²) in [6.07, 6.45) is 1.51. The molecular formula is C20H17BrN2O3S2. The second-order valence-electron chi connectivity index (χ2n) is 6.42. The predicted octanol–water partition coefficient (Wildman–Crippen LogP) is 4.90. The highest BCUT2D eigenvalue weighted by Gasteiger charge is 2.29. The Bertz CT molecular complexity index is 1130. The van der Waals surface area contributed by atoms with Gasteiger partial charge in [-0.15, -0.1) is 11.3 Å². The van der Waals surface area contributed by atoms with Gasteiger partial charge in [-0.05, 0) is 66.2 Å². The number of hydrogen-bond donors (Lipinski definition) is 1. The number of aryl methyl sites for hydroxylation is 1. The van der Waals surface area contributed by atoms with E-state index in [0.717, 1.165) is 22.9 Å². The summed E-state index contributed by atoms with van der Waals surface area (Å²) in [4.78, 5) is 12.5. The lowest BCUT2D eigenvalue weighted by Gasteiger charge is -2.30. The minimum atomic E-state index is -3.56. The zero-order valence-corrected chi connectivity index (χ0v) is 18.0. The number of halogens is 1. The van der Waals surface area contributed by atoms with Crippen molar-refractivity contribution in [1.29, 1.82) is 0 Å². The van der Waals surface area contributed by atoms with Crippen molar-refractivity contribution in [3.63, 3.8) is 0 Å². The number of sulfonamides is 1. The summed E-state index contributed by atoms with van der Waals surface area (Å²) in [5.41, 5.74) is 2.80. The largest absolute Gasteiger partial charge is 0.322 e. The number of carbonyl (C=O) groups is 1. The van der Waals surface area contributed by atoms with E-state index in [1.165, 1.54) is 15.6 Å². The molecule has 3 aromatic rings. The molecule has 1 N–H and O–H groups in total. The van der Waals surface area contributed by atoms with Gasteiger partial charge in [-0.1, -0.05) is 28.1 Å². The number of hydrogen-bond acceptors (Lipinski definition) is 4. The van der Waals surface area contributed by atoms with Gasteiger partial charge in [-0.2, -0.15) is 0 Å². The van der Waals surface area contributed by atoms with Gasteiger partial charge in [0.05, 0.1) is 5.69 Å². The SMILES string of the molecule is O=C(Nc1ccc2c(c1)CCCN2S(=O)(=O)c1cccs1)c1cccc(Br)c1. The maximum Gasteiger partial charge on any atom is 0.273 e. The molecule has 0 atom stereocenters. The Morgan fingerprint density at radius 3 is 2.71 bits per heavy atom. The Kier molecular flexibility index (Phi) is 5.27. The molecule has 8 heteroatoms. The lowest BCUT2D eigenvalue weighted by atomic mass is 10.0. The van der Waals surface area contributed by atoms with Crippen molar-refractivity contribution in [2.24, 2.45) is 0 Å². The van der Waals surface area contributed by atoms with E-state index < -0.39 is 10.0 Å². The Morgan fingerprint density at radius 2 is 1.96 bits per heavy atom. The lowest BCUT2D eigenvalue weighted by Crippen LogP contribution is -2.35. The van der Waals surface area contributed by atoms with Crippen molar-refractivity contribution in [2.75, 3.05) is 16.2 Å². The van der Waals surface area contributed by atoms with Crippen LogP contribution < -0.4 is 9.62 Å². The first-order valence-electron chi connectivity index (χ1n) is 8.71. The molecule has 2 heterocycles. The summed E-state index contributed by atoms with van der Waals surface area (Å²) < 4.78 is 28.5. The summed E-state index contributed by atoms with van der Waals surface area (Å²) in [6.45, 7) is 0.455. The minimum Gasteiger partial charge on any atom is -0.322 e. The smallest absolute Gasteiger partial charge is 0.273 e. The molecule has 0 fully saturated rings. The highest BCUT2D eigenvalue weighted by Crippen LogP contribution is 2.34. The van der Waals surface area contributed by atoms with Crippen molar-refractivity contribution in [3.8, 4) is 0 Å². The third-order valence-electron chi connectivity index (χ3n) is 4.54. The van der Waals surface area contributed by atoms with Crippen LogP contribution in [0.2, 0.25) is 0 Å². The Morgan fingerprint density at radius 1 is 1.11 bits per heavy atom. The quantitative estimate of drug-likeness (QED) is 0.581. The molecule has 0 unspecified atom stereocenters. The Hall–Kier alpha value is -2.16.